The van der Waals surface area contributed by atoms with Crippen molar-refractivity contribution in [1.29, 1.82) is 0 Å². The molecule has 2 aromatic rings. The Morgan fingerprint density at radius 2 is 2.26 bits per heavy atom. The molecule has 2 N–H and O–H groups in total. The third-order valence-corrected chi connectivity index (χ3v) is 3.35. The van der Waals surface area contributed by atoms with E-state index < -0.39 is 0 Å². The SMILES string of the molecule is COc1cc(Cn2cc(Cl)c(C)n2)ccc1C(N)=S. The van der Waals surface area contributed by atoms with Gasteiger partial charge in [0.05, 0.1) is 29.9 Å². The van der Waals surface area contributed by atoms with E-state index in [2.05, 4.69) is 5.10 Å². The van der Waals surface area contributed by atoms with E-state index in [-0.39, 0.29) is 0 Å². The molecule has 0 spiro atoms. The van der Waals surface area contributed by atoms with Crippen LogP contribution in [0.1, 0.15) is 16.8 Å². The Balaban J connectivity index is 2.28. The lowest BCUT2D eigenvalue weighted by molar-refractivity contribution is 0.413. The number of methoxy groups -OCH3 is 1. The highest BCUT2D eigenvalue weighted by molar-refractivity contribution is 7.80. The maximum atomic E-state index is 5.98. The second-order valence-corrected chi connectivity index (χ2v) is 5.01. The first-order chi connectivity index (χ1) is 9.01. The Kier molecular flexibility index (Phi) is 4.07. The summed E-state index contributed by atoms with van der Waals surface area (Å²) in [5.41, 5.74) is 8.22. The van der Waals surface area contributed by atoms with Crippen molar-refractivity contribution in [3.05, 3.63) is 46.2 Å². The summed E-state index contributed by atoms with van der Waals surface area (Å²) in [6.45, 7) is 2.48. The number of thiocarbonyl (C=S) groups is 1. The molecule has 1 heterocycles. The van der Waals surface area contributed by atoms with Crippen LogP contribution in [-0.4, -0.2) is 21.9 Å². The number of ether oxygens (including phenoxy) is 1. The Morgan fingerprint density at radius 3 is 2.79 bits per heavy atom. The van der Waals surface area contributed by atoms with Crippen LogP contribution in [0.4, 0.5) is 0 Å². The topological polar surface area (TPSA) is 53.1 Å². The molecule has 0 atom stereocenters. The second kappa shape index (κ2) is 5.59. The van der Waals surface area contributed by atoms with Crippen molar-refractivity contribution in [2.24, 2.45) is 5.73 Å². The van der Waals surface area contributed by atoms with Gasteiger partial charge in [0.15, 0.2) is 0 Å². The fourth-order valence-corrected chi connectivity index (χ4v) is 2.12. The molecule has 4 nitrogen and oxygen atoms in total. The Morgan fingerprint density at radius 1 is 1.53 bits per heavy atom. The first kappa shape index (κ1) is 13.8. The zero-order valence-electron chi connectivity index (χ0n) is 10.7. The van der Waals surface area contributed by atoms with Gasteiger partial charge in [-0.25, -0.2) is 0 Å². The van der Waals surface area contributed by atoms with Crippen LogP contribution in [0.3, 0.4) is 0 Å². The normalized spacial score (nSPS) is 10.5. The Bertz CT molecular complexity index is 605. The minimum atomic E-state index is 0.321. The van der Waals surface area contributed by atoms with Gasteiger partial charge in [0.2, 0.25) is 0 Å². The van der Waals surface area contributed by atoms with E-state index in [4.69, 9.17) is 34.3 Å². The molecule has 0 bridgehead atoms. The highest BCUT2D eigenvalue weighted by Crippen LogP contribution is 2.21. The molecule has 0 fully saturated rings. The van der Waals surface area contributed by atoms with E-state index in [1.54, 1.807) is 18.0 Å². The highest BCUT2D eigenvalue weighted by Gasteiger charge is 2.08. The smallest absolute Gasteiger partial charge is 0.129 e. The number of nitrogens with two attached hydrogens (primary N) is 1. The summed E-state index contributed by atoms with van der Waals surface area (Å²) in [5.74, 6) is 0.667. The zero-order valence-corrected chi connectivity index (χ0v) is 12.3. The maximum Gasteiger partial charge on any atom is 0.129 e. The minimum absolute atomic E-state index is 0.321. The molecule has 0 aliphatic carbocycles. The van der Waals surface area contributed by atoms with Crippen molar-refractivity contribution in [2.45, 2.75) is 13.5 Å². The predicted octanol–water partition coefficient (Wildman–Crippen LogP) is 2.54. The molecule has 0 saturated heterocycles. The molecule has 1 aromatic carbocycles. The van der Waals surface area contributed by atoms with E-state index in [1.165, 1.54) is 0 Å². The van der Waals surface area contributed by atoms with Gasteiger partial charge >= 0.3 is 0 Å². The van der Waals surface area contributed by atoms with Crippen molar-refractivity contribution < 1.29 is 4.74 Å². The fourth-order valence-electron chi connectivity index (χ4n) is 1.80. The van der Waals surface area contributed by atoms with Crippen molar-refractivity contribution in [2.75, 3.05) is 7.11 Å². The van der Waals surface area contributed by atoms with Gasteiger partial charge in [-0.2, -0.15) is 5.10 Å². The van der Waals surface area contributed by atoms with Crippen molar-refractivity contribution >= 4 is 28.8 Å². The molecule has 0 saturated carbocycles. The van der Waals surface area contributed by atoms with Crippen LogP contribution in [-0.2, 0) is 6.54 Å². The second-order valence-electron chi connectivity index (χ2n) is 4.16. The van der Waals surface area contributed by atoms with Crippen molar-refractivity contribution in [3.63, 3.8) is 0 Å². The molecule has 0 aliphatic rings. The Labute approximate surface area is 122 Å². The van der Waals surface area contributed by atoms with E-state index in [1.807, 2.05) is 25.1 Å². The van der Waals surface area contributed by atoms with Gasteiger partial charge in [0, 0.05) is 6.20 Å². The van der Waals surface area contributed by atoms with Crippen molar-refractivity contribution in [1.82, 2.24) is 9.78 Å². The summed E-state index contributed by atoms with van der Waals surface area (Å²) in [6, 6.07) is 5.70. The molecule has 2 rings (SSSR count). The molecule has 0 unspecified atom stereocenters. The van der Waals surface area contributed by atoms with Crippen LogP contribution in [0.15, 0.2) is 24.4 Å². The number of benzene rings is 1. The maximum absolute atomic E-state index is 5.98. The number of rotatable bonds is 4. The summed E-state index contributed by atoms with van der Waals surface area (Å²) in [4.78, 5) is 0.321. The molecule has 0 radical (unpaired) electrons. The van der Waals surface area contributed by atoms with E-state index in [0.717, 1.165) is 16.8 Å². The number of aryl methyl sites for hydroxylation is 1. The number of aromatic nitrogens is 2. The van der Waals surface area contributed by atoms with Gasteiger partial charge < -0.3 is 10.5 Å². The van der Waals surface area contributed by atoms with E-state index >= 15 is 0 Å². The summed E-state index contributed by atoms with van der Waals surface area (Å²) in [7, 11) is 1.59. The van der Waals surface area contributed by atoms with Crippen LogP contribution in [0.2, 0.25) is 5.02 Å². The molecule has 6 heteroatoms. The molecular formula is C13H14ClN3OS. The van der Waals surface area contributed by atoms with Crippen LogP contribution in [0.5, 0.6) is 5.75 Å². The summed E-state index contributed by atoms with van der Waals surface area (Å²) in [6.07, 6.45) is 1.80. The van der Waals surface area contributed by atoms with Gasteiger partial charge in [0.1, 0.15) is 10.7 Å². The van der Waals surface area contributed by atoms with Crippen LogP contribution in [0, 0.1) is 6.92 Å². The monoisotopic (exact) mass is 295 g/mol. The largest absolute Gasteiger partial charge is 0.496 e. The number of halogens is 1. The summed E-state index contributed by atoms with van der Waals surface area (Å²) in [5, 5.41) is 4.97. The molecular weight excluding hydrogens is 282 g/mol. The van der Waals surface area contributed by atoms with Gasteiger partial charge in [-0.3, -0.25) is 4.68 Å². The lowest BCUT2D eigenvalue weighted by Crippen LogP contribution is -2.11. The van der Waals surface area contributed by atoms with Gasteiger partial charge in [0.25, 0.3) is 0 Å². The predicted molar refractivity (Wildman–Crippen MR) is 80.0 cm³/mol. The van der Waals surface area contributed by atoms with Crippen LogP contribution >= 0.6 is 23.8 Å². The average molecular weight is 296 g/mol. The molecule has 0 aliphatic heterocycles. The van der Waals surface area contributed by atoms with Crippen LogP contribution < -0.4 is 10.5 Å². The molecule has 19 heavy (non-hydrogen) atoms. The molecule has 1 aromatic heterocycles. The molecule has 100 valence electrons. The lowest BCUT2D eigenvalue weighted by atomic mass is 10.1. The Hall–Kier alpha value is -1.59. The van der Waals surface area contributed by atoms with E-state index in [0.29, 0.717) is 22.3 Å². The van der Waals surface area contributed by atoms with E-state index in [9.17, 15) is 0 Å². The number of hydrogen-bond donors (Lipinski definition) is 1. The number of nitrogens with zero attached hydrogens (tertiary/aromatic N) is 2. The zero-order chi connectivity index (χ0) is 14.0. The third-order valence-electron chi connectivity index (χ3n) is 2.76. The summed E-state index contributed by atoms with van der Waals surface area (Å²) < 4.78 is 7.08. The van der Waals surface area contributed by atoms with Gasteiger partial charge in [-0.15, -0.1) is 0 Å². The lowest BCUT2D eigenvalue weighted by Gasteiger charge is -2.09. The average Bonchev–Trinajstić information content (AvgIpc) is 2.67. The third kappa shape index (κ3) is 3.05. The first-order valence-electron chi connectivity index (χ1n) is 5.67. The van der Waals surface area contributed by atoms with Gasteiger partial charge in [-0.1, -0.05) is 29.9 Å². The summed E-state index contributed by atoms with van der Waals surface area (Å²) >= 11 is 11.0. The molecule has 0 amide bonds. The van der Waals surface area contributed by atoms with Gasteiger partial charge in [-0.05, 0) is 24.6 Å². The van der Waals surface area contributed by atoms with Crippen molar-refractivity contribution in [3.8, 4) is 5.75 Å². The highest BCUT2D eigenvalue weighted by atomic mass is 35.5. The first-order valence-corrected chi connectivity index (χ1v) is 6.46. The quantitative estimate of drug-likeness (QED) is 0.881. The fraction of sp³-hybridized carbons (Fsp3) is 0.231. The standard InChI is InChI=1S/C13H14ClN3OS/c1-8-11(14)7-17(16-8)6-9-3-4-10(13(15)19)12(5-9)18-2/h3-5,7H,6H2,1-2H3,(H2,15,19). The van der Waals surface area contributed by atoms with Crippen LogP contribution in [0.25, 0.3) is 0 Å². The number of hydrogen-bond acceptors (Lipinski definition) is 3. The minimum Gasteiger partial charge on any atom is -0.496 e.